The lowest BCUT2D eigenvalue weighted by Gasteiger charge is -2.30. The molecule has 2 heteroatoms. The third-order valence-corrected chi connectivity index (χ3v) is 10.9. The van der Waals surface area contributed by atoms with Crippen LogP contribution in [-0.4, -0.2) is 0 Å². The molecule has 10 rings (SSSR count). The summed E-state index contributed by atoms with van der Waals surface area (Å²) in [7, 11) is 0. The van der Waals surface area contributed by atoms with Crippen molar-refractivity contribution >= 4 is 49.8 Å². The summed E-state index contributed by atoms with van der Waals surface area (Å²) in [6.07, 6.45) is 0. The first-order chi connectivity index (χ1) is 25.1. The average molecular weight is 654 g/mol. The Bertz CT molecular complexity index is 2790. The van der Waals surface area contributed by atoms with Crippen molar-refractivity contribution in [3.05, 3.63) is 187 Å². The Balaban J connectivity index is 1.29. The number of fused-ring (bicyclic) bond motifs is 7. The normalized spacial score (nSPS) is 13.1. The SMILES string of the molecule is CC1(C)c2ccccc2-c2c(N(c3ccccc3-c3ccc4ccccc4c3)c3cccc4c3oc3cccc(-c5ccccc5)c34)cccc21. The topological polar surface area (TPSA) is 16.4 Å². The molecule has 0 saturated heterocycles. The molecule has 1 heterocycles. The zero-order valence-electron chi connectivity index (χ0n) is 28.6. The third kappa shape index (κ3) is 4.50. The van der Waals surface area contributed by atoms with Gasteiger partial charge >= 0.3 is 0 Å². The lowest BCUT2D eigenvalue weighted by Crippen LogP contribution is -2.16. The maximum atomic E-state index is 6.96. The fraction of sp³-hybridized carbons (Fsp3) is 0.0612. The molecule has 0 unspecified atom stereocenters. The highest BCUT2D eigenvalue weighted by molar-refractivity contribution is 6.16. The minimum Gasteiger partial charge on any atom is -0.454 e. The number of furan rings is 1. The van der Waals surface area contributed by atoms with E-state index in [0.29, 0.717) is 0 Å². The number of anilines is 3. The molecule has 0 atom stereocenters. The van der Waals surface area contributed by atoms with Crippen LogP contribution in [0.4, 0.5) is 17.1 Å². The van der Waals surface area contributed by atoms with Crippen LogP contribution in [0, 0.1) is 0 Å². The molecule has 0 spiro atoms. The van der Waals surface area contributed by atoms with Gasteiger partial charge in [0.15, 0.2) is 5.58 Å². The van der Waals surface area contributed by atoms with E-state index in [1.807, 2.05) is 0 Å². The molecule has 0 fully saturated rings. The molecule has 1 aliphatic rings. The quantitative estimate of drug-likeness (QED) is 0.184. The van der Waals surface area contributed by atoms with E-state index < -0.39 is 0 Å². The van der Waals surface area contributed by atoms with Crippen LogP contribution in [0.25, 0.3) is 66.1 Å². The molecular weight excluding hydrogens is 619 g/mol. The van der Waals surface area contributed by atoms with Crippen LogP contribution < -0.4 is 4.90 Å². The Morgan fingerprint density at radius 2 is 1.10 bits per heavy atom. The summed E-state index contributed by atoms with van der Waals surface area (Å²) >= 11 is 0. The first-order valence-corrected chi connectivity index (χ1v) is 17.7. The van der Waals surface area contributed by atoms with Crippen LogP contribution in [0.15, 0.2) is 180 Å². The zero-order chi connectivity index (χ0) is 34.1. The highest BCUT2D eigenvalue weighted by Gasteiger charge is 2.38. The first-order valence-electron chi connectivity index (χ1n) is 17.7. The van der Waals surface area contributed by atoms with E-state index in [0.717, 1.165) is 44.6 Å². The summed E-state index contributed by atoms with van der Waals surface area (Å²) in [5.74, 6) is 0. The van der Waals surface area contributed by atoms with Gasteiger partial charge in [-0.15, -0.1) is 0 Å². The minimum absolute atomic E-state index is 0.137. The van der Waals surface area contributed by atoms with Gasteiger partial charge in [-0.1, -0.05) is 159 Å². The summed E-state index contributed by atoms with van der Waals surface area (Å²) < 4.78 is 6.96. The van der Waals surface area contributed by atoms with Crippen LogP contribution in [0.2, 0.25) is 0 Å². The maximum Gasteiger partial charge on any atom is 0.159 e. The van der Waals surface area contributed by atoms with Crippen molar-refractivity contribution in [1.29, 1.82) is 0 Å². The Morgan fingerprint density at radius 3 is 1.98 bits per heavy atom. The lowest BCUT2D eigenvalue weighted by molar-refractivity contribution is 0.660. The number of nitrogens with zero attached hydrogens (tertiary/aromatic N) is 1. The van der Waals surface area contributed by atoms with Gasteiger partial charge in [0.2, 0.25) is 0 Å². The van der Waals surface area contributed by atoms with E-state index in [1.165, 1.54) is 49.7 Å². The molecule has 0 amide bonds. The Labute approximate surface area is 297 Å². The average Bonchev–Trinajstić information content (AvgIpc) is 3.68. The van der Waals surface area contributed by atoms with Crippen molar-refractivity contribution in [2.24, 2.45) is 0 Å². The smallest absolute Gasteiger partial charge is 0.159 e. The number of hydrogen-bond acceptors (Lipinski definition) is 2. The van der Waals surface area contributed by atoms with E-state index in [4.69, 9.17) is 4.42 Å². The van der Waals surface area contributed by atoms with Gasteiger partial charge in [0.1, 0.15) is 5.58 Å². The van der Waals surface area contributed by atoms with Crippen molar-refractivity contribution in [2.75, 3.05) is 4.90 Å². The van der Waals surface area contributed by atoms with Crippen molar-refractivity contribution in [3.8, 4) is 33.4 Å². The van der Waals surface area contributed by atoms with Gasteiger partial charge in [-0.2, -0.15) is 0 Å². The third-order valence-electron chi connectivity index (χ3n) is 10.9. The van der Waals surface area contributed by atoms with Gasteiger partial charge in [0, 0.05) is 27.3 Å². The summed E-state index contributed by atoms with van der Waals surface area (Å²) in [5.41, 5.74) is 14.8. The van der Waals surface area contributed by atoms with Crippen molar-refractivity contribution < 1.29 is 4.42 Å². The van der Waals surface area contributed by atoms with Crippen LogP contribution >= 0.6 is 0 Å². The largest absolute Gasteiger partial charge is 0.454 e. The van der Waals surface area contributed by atoms with Crippen LogP contribution in [0.3, 0.4) is 0 Å². The Morgan fingerprint density at radius 1 is 0.451 bits per heavy atom. The first kappa shape index (κ1) is 29.5. The van der Waals surface area contributed by atoms with Crippen LogP contribution in [-0.2, 0) is 5.41 Å². The van der Waals surface area contributed by atoms with Gasteiger partial charge < -0.3 is 9.32 Å². The number of para-hydroxylation sites is 2. The number of rotatable bonds is 5. The number of hydrogen-bond donors (Lipinski definition) is 0. The van der Waals surface area contributed by atoms with Crippen LogP contribution in [0.1, 0.15) is 25.0 Å². The lowest BCUT2D eigenvalue weighted by atomic mass is 9.82. The zero-order valence-corrected chi connectivity index (χ0v) is 28.6. The predicted molar refractivity (Wildman–Crippen MR) is 214 cm³/mol. The fourth-order valence-electron chi connectivity index (χ4n) is 8.45. The molecule has 1 aromatic heterocycles. The Kier molecular flexibility index (Phi) is 6.56. The van der Waals surface area contributed by atoms with Crippen molar-refractivity contribution in [3.63, 3.8) is 0 Å². The number of benzene rings is 8. The highest BCUT2D eigenvalue weighted by Crippen LogP contribution is 2.56. The molecule has 0 radical (unpaired) electrons. The second-order valence-corrected chi connectivity index (χ2v) is 14.1. The van der Waals surface area contributed by atoms with E-state index in [-0.39, 0.29) is 5.41 Å². The molecule has 2 nitrogen and oxygen atoms in total. The maximum absolute atomic E-state index is 6.96. The summed E-state index contributed by atoms with van der Waals surface area (Å²) in [6, 6.07) is 63.5. The summed E-state index contributed by atoms with van der Waals surface area (Å²) in [4.78, 5) is 2.45. The molecule has 1 aliphatic carbocycles. The van der Waals surface area contributed by atoms with Crippen molar-refractivity contribution in [2.45, 2.75) is 19.3 Å². The minimum atomic E-state index is -0.137. The van der Waals surface area contributed by atoms with E-state index in [1.54, 1.807) is 0 Å². The molecule has 0 aliphatic heterocycles. The highest BCUT2D eigenvalue weighted by atomic mass is 16.3. The predicted octanol–water partition coefficient (Wildman–Crippen LogP) is 13.8. The molecule has 0 N–H and O–H groups in total. The molecular formula is C49H35NO. The summed E-state index contributed by atoms with van der Waals surface area (Å²) in [5, 5.41) is 4.69. The van der Waals surface area contributed by atoms with E-state index >= 15 is 0 Å². The van der Waals surface area contributed by atoms with Gasteiger partial charge in [0.05, 0.1) is 17.1 Å². The van der Waals surface area contributed by atoms with E-state index in [9.17, 15) is 0 Å². The fourth-order valence-corrected chi connectivity index (χ4v) is 8.45. The molecule has 8 aromatic carbocycles. The van der Waals surface area contributed by atoms with Gasteiger partial charge in [-0.05, 0) is 74.5 Å². The second kappa shape index (κ2) is 11.3. The van der Waals surface area contributed by atoms with E-state index in [2.05, 4.69) is 195 Å². The Hall–Kier alpha value is -6.38. The monoisotopic (exact) mass is 653 g/mol. The molecule has 0 bridgehead atoms. The second-order valence-electron chi connectivity index (χ2n) is 14.1. The van der Waals surface area contributed by atoms with Gasteiger partial charge in [0.25, 0.3) is 0 Å². The van der Waals surface area contributed by atoms with Crippen molar-refractivity contribution in [1.82, 2.24) is 0 Å². The van der Waals surface area contributed by atoms with Gasteiger partial charge in [-0.25, -0.2) is 0 Å². The molecule has 242 valence electrons. The molecule has 0 saturated carbocycles. The van der Waals surface area contributed by atoms with Gasteiger partial charge in [-0.3, -0.25) is 0 Å². The standard InChI is InChI=1S/C49H35NO/c1-49(2)40-23-10-8-20-38(40)47-41(49)24-14-26-43(47)50(42-25-11-9-19-36(42)35-30-29-32-15-6-7-18-34(32)31-35)44-27-12-22-39-46-37(33-16-4-3-5-17-33)21-13-28-45(46)51-48(39)44/h3-31H,1-2H3. The molecule has 9 aromatic rings. The summed E-state index contributed by atoms with van der Waals surface area (Å²) in [6.45, 7) is 4.69. The van der Waals surface area contributed by atoms with Crippen LogP contribution in [0.5, 0.6) is 0 Å². The molecule has 51 heavy (non-hydrogen) atoms.